The van der Waals surface area contributed by atoms with Crippen molar-refractivity contribution in [3.05, 3.63) is 82.1 Å². The summed E-state index contributed by atoms with van der Waals surface area (Å²) in [7, 11) is -3.72. The van der Waals surface area contributed by atoms with Gasteiger partial charge in [-0.1, -0.05) is 42.5 Å². The fourth-order valence-electron chi connectivity index (χ4n) is 2.49. The Kier molecular flexibility index (Phi) is 5.98. The van der Waals surface area contributed by atoms with E-state index < -0.39 is 27.3 Å². The number of nitrogens with zero attached hydrogens (tertiary/aromatic N) is 1. The molecule has 0 saturated heterocycles. The number of halogens is 1. The highest BCUT2D eigenvalue weighted by molar-refractivity contribution is 7.91. The van der Waals surface area contributed by atoms with Gasteiger partial charge in [-0.2, -0.15) is 0 Å². The van der Waals surface area contributed by atoms with Gasteiger partial charge in [-0.3, -0.25) is 4.79 Å². The molecule has 3 rings (SSSR count). The number of nitrogens with one attached hydrogen (secondary N) is 1. The lowest BCUT2D eigenvalue weighted by Crippen LogP contribution is -2.24. The predicted octanol–water partition coefficient (Wildman–Crippen LogP) is 3.43. The number of rotatable bonds is 7. The summed E-state index contributed by atoms with van der Waals surface area (Å²) in [6.07, 6.45) is 0.624. The van der Waals surface area contributed by atoms with Crippen LogP contribution < -0.4 is 5.32 Å². The summed E-state index contributed by atoms with van der Waals surface area (Å²) < 4.78 is 38.1. The van der Waals surface area contributed by atoms with Crippen LogP contribution in [0, 0.1) is 5.82 Å². The van der Waals surface area contributed by atoms with Crippen LogP contribution in [-0.4, -0.2) is 25.1 Å². The van der Waals surface area contributed by atoms with Crippen molar-refractivity contribution in [3.8, 4) is 0 Å². The topological polar surface area (TPSA) is 76.1 Å². The maximum absolute atomic E-state index is 13.5. The van der Waals surface area contributed by atoms with Crippen molar-refractivity contribution in [1.82, 2.24) is 4.98 Å². The molecule has 0 saturated carbocycles. The fourth-order valence-corrected chi connectivity index (χ4v) is 4.60. The van der Waals surface area contributed by atoms with E-state index in [0.717, 1.165) is 10.6 Å². The summed E-state index contributed by atoms with van der Waals surface area (Å²) in [6, 6.07) is 15.3. The summed E-state index contributed by atoms with van der Waals surface area (Å²) >= 11 is 1.38. The number of carbonyl (C=O) groups is 1. The lowest BCUT2D eigenvalue weighted by Gasteiger charge is -2.06. The van der Waals surface area contributed by atoms with E-state index in [1.54, 1.807) is 11.4 Å². The Morgan fingerprint density at radius 1 is 1.07 bits per heavy atom. The van der Waals surface area contributed by atoms with Gasteiger partial charge in [0.25, 0.3) is 0 Å². The SMILES string of the molecule is O=C(CS(=O)(=O)Cc1csc(Cc2ccccc2)n1)Nc1ccccc1F. The van der Waals surface area contributed by atoms with E-state index in [1.807, 2.05) is 30.3 Å². The van der Waals surface area contributed by atoms with Crippen molar-refractivity contribution in [2.75, 3.05) is 11.1 Å². The van der Waals surface area contributed by atoms with E-state index in [4.69, 9.17) is 0 Å². The maximum atomic E-state index is 13.5. The van der Waals surface area contributed by atoms with Crippen LogP contribution in [0.15, 0.2) is 60.0 Å². The average molecular weight is 404 g/mol. The smallest absolute Gasteiger partial charge is 0.239 e. The minimum absolute atomic E-state index is 0.0449. The summed E-state index contributed by atoms with van der Waals surface area (Å²) in [4.78, 5) is 16.3. The maximum Gasteiger partial charge on any atom is 0.239 e. The lowest BCUT2D eigenvalue weighted by molar-refractivity contribution is -0.113. The van der Waals surface area contributed by atoms with Crippen LogP contribution in [0.25, 0.3) is 0 Å². The Morgan fingerprint density at radius 2 is 1.78 bits per heavy atom. The van der Waals surface area contributed by atoms with Gasteiger partial charge in [0.1, 0.15) is 11.6 Å². The van der Waals surface area contributed by atoms with E-state index >= 15 is 0 Å². The van der Waals surface area contributed by atoms with Crippen LogP contribution in [-0.2, 0) is 26.8 Å². The second kappa shape index (κ2) is 8.41. The number of carbonyl (C=O) groups excluding carboxylic acids is 1. The number of anilines is 1. The second-order valence-corrected chi connectivity index (χ2v) is 8.96. The highest BCUT2D eigenvalue weighted by Gasteiger charge is 2.20. The molecule has 0 unspecified atom stereocenters. The van der Waals surface area contributed by atoms with Crippen LogP contribution in [0.5, 0.6) is 0 Å². The molecular formula is C19H17FN2O3S2. The fraction of sp³-hybridized carbons (Fsp3) is 0.158. The zero-order valence-corrected chi connectivity index (χ0v) is 15.9. The number of para-hydroxylation sites is 1. The van der Waals surface area contributed by atoms with Gasteiger partial charge in [-0.15, -0.1) is 11.3 Å². The molecule has 0 fully saturated rings. The zero-order chi connectivity index (χ0) is 19.3. The van der Waals surface area contributed by atoms with Gasteiger partial charge in [-0.25, -0.2) is 17.8 Å². The second-order valence-electron chi connectivity index (χ2n) is 5.96. The van der Waals surface area contributed by atoms with E-state index in [2.05, 4.69) is 10.3 Å². The number of benzene rings is 2. The highest BCUT2D eigenvalue weighted by Crippen LogP contribution is 2.17. The van der Waals surface area contributed by atoms with Crippen molar-refractivity contribution in [2.24, 2.45) is 0 Å². The minimum Gasteiger partial charge on any atom is -0.323 e. The molecule has 3 aromatic rings. The van der Waals surface area contributed by atoms with Crippen LogP contribution in [0.2, 0.25) is 0 Å². The first-order valence-corrected chi connectivity index (χ1v) is 10.8. The van der Waals surface area contributed by atoms with E-state index in [-0.39, 0.29) is 11.4 Å². The summed E-state index contributed by atoms with van der Waals surface area (Å²) in [5.41, 5.74) is 1.45. The van der Waals surface area contributed by atoms with Crippen molar-refractivity contribution in [3.63, 3.8) is 0 Å². The molecular weight excluding hydrogens is 387 g/mol. The summed E-state index contributed by atoms with van der Waals surface area (Å²) in [6.45, 7) is 0. The van der Waals surface area contributed by atoms with Crippen LogP contribution in [0.1, 0.15) is 16.3 Å². The molecule has 0 bridgehead atoms. The number of aromatic nitrogens is 1. The van der Waals surface area contributed by atoms with Gasteiger partial charge in [0.05, 0.1) is 22.1 Å². The van der Waals surface area contributed by atoms with Gasteiger partial charge in [0.15, 0.2) is 9.84 Å². The quantitative estimate of drug-likeness (QED) is 0.655. The Hall–Kier alpha value is -2.58. The Balaban J connectivity index is 1.59. The molecule has 0 aliphatic heterocycles. The van der Waals surface area contributed by atoms with Gasteiger partial charge in [0, 0.05) is 11.8 Å². The molecule has 1 amide bonds. The molecule has 0 radical (unpaired) electrons. The third-order valence-electron chi connectivity index (χ3n) is 3.66. The molecule has 2 aromatic carbocycles. The van der Waals surface area contributed by atoms with Gasteiger partial charge < -0.3 is 5.32 Å². The molecule has 1 aromatic heterocycles. The largest absolute Gasteiger partial charge is 0.323 e. The van der Waals surface area contributed by atoms with Crippen LogP contribution >= 0.6 is 11.3 Å². The molecule has 1 N–H and O–H groups in total. The van der Waals surface area contributed by atoms with Crippen molar-refractivity contribution in [2.45, 2.75) is 12.2 Å². The van der Waals surface area contributed by atoms with Crippen molar-refractivity contribution in [1.29, 1.82) is 0 Å². The van der Waals surface area contributed by atoms with Gasteiger partial charge in [0.2, 0.25) is 5.91 Å². The first kappa shape index (κ1) is 19.2. The minimum atomic E-state index is -3.72. The number of sulfone groups is 1. The summed E-state index contributed by atoms with van der Waals surface area (Å²) in [5, 5.41) is 4.77. The number of hydrogen-bond acceptors (Lipinski definition) is 5. The average Bonchev–Trinajstić information content (AvgIpc) is 3.03. The number of hydrogen-bond donors (Lipinski definition) is 1. The number of amides is 1. The molecule has 1 heterocycles. The predicted molar refractivity (Wildman–Crippen MR) is 104 cm³/mol. The molecule has 0 atom stereocenters. The highest BCUT2D eigenvalue weighted by atomic mass is 32.2. The first-order valence-electron chi connectivity index (χ1n) is 8.13. The molecule has 27 heavy (non-hydrogen) atoms. The van der Waals surface area contributed by atoms with Crippen molar-refractivity contribution < 1.29 is 17.6 Å². The molecule has 0 aliphatic carbocycles. The molecule has 0 aliphatic rings. The third kappa shape index (κ3) is 5.70. The zero-order valence-electron chi connectivity index (χ0n) is 14.3. The normalized spacial score (nSPS) is 11.3. The van der Waals surface area contributed by atoms with Gasteiger partial charge in [-0.05, 0) is 17.7 Å². The monoisotopic (exact) mass is 404 g/mol. The first-order chi connectivity index (χ1) is 12.9. The molecule has 5 nitrogen and oxygen atoms in total. The van der Waals surface area contributed by atoms with Crippen molar-refractivity contribution >= 4 is 32.8 Å². The Bertz CT molecular complexity index is 1030. The van der Waals surface area contributed by atoms with Crippen LogP contribution in [0.3, 0.4) is 0 Å². The van der Waals surface area contributed by atoms with E-state index in [0.29, 0.717) is 12.1 Å². The summed E-state index contributed by atoms with van der Waals surface area (Å²) in [5.74, 6) is -2.45. The van der Waals surface area contributed by atoms with Gasteiger partial charge >= 0.3 is 0 Å². The van der Waals surface area contributed by atoms with E-state index in [9.17, 15) is 17.6 Å². The molecule has 8 heteroatoms. The number of thiazole rings is 1. The Labute approximate surface area is 160 Å². The Morgan fingerprint density at radius 3 is 2.52 bits per heavy atom. The molecule has 0 spiro atoms. The lowest BCUT2D eigenvalue weighted by atomic mass is 10.2. The third-order valence-corrected chi connectivity index (χ3v) is 6.00. The standard InChI is InChI=1S/C19H17FN2O3S2/c20-16-8-4-5-9-17(16)22-18(23)13-27(24,25)12-15-11-26-19(21-15)10-14-6-2-1-3-7-14/h1-9,11H,10,12-13H2,(H,22,23). The van der Waals surface area contributed by atoms with E-state index in [1.165, 1.54) is 29.5 Å². The van der Waals surface area contributed by atoms with Crippen LogP contribution in [0.4, 0.5) is 10.1 Å². The molecule has 140 valence electrons.